The molecule has 5 rings (SSSR count). The molecule has 0 saturated heterocycles. The van der Waals surface area contributed by atoms with E-state index in [9.17, 15) is 46.0 Å². The zero-order chi connectivity index (χ0) is 35.7. The van der Waals surface area contributed by atoms with Gasteiger partial charge in [0.1, 0.15) is 37.3 Å². The monoisotopic (exact) mass is 750 g/mol. The molecule has 0 aromatic heterocycles. The van der Waals surface area contributed by atoms with Crippen LogP contribution in [0.3, 0.4) is 0 Å². The number of aromatic hydroxyl groups is 1. The number of nitrogens with two attached hydrogens (primary N) is 2. The third kappa shape index (κ3) is 9.71. The number of amides is 1. The number of rotatable bonds is 9. The van der Waals surface area contributed by atoms with Gasteiger partial charge in [-0.05, 0) is 84.2 Å². The average molecular weight is 751 g/mol. The van der Waals surface area contributed by atoms with Crippen LogP contribution in [0.2, 0.25) is 0 Å². The maximum Gasteiger partial charge on any atom is 1.00 e. The first-order valence-electron chi connectivity index (χ1n) is 13.4. The Balaban J connectivity index is 0.00000351. The molecule has 0 aliphatic heterocycles. The maximum atomic E-state index is 12.9. The van der Waals surface area contributed by atoms with E-state index in [0.717, 1.165) is 36.4 Å². The number of nitrogens with zero attached hydrogens (tertiary/aromatic N) is 5. The van der Waals surface area contributed by atoms with E-state index >= 15 is 0 Å². The van der Waals surface area contributed by atoms with Crippen LogP contribution in [0.5, 0.6) is 5.75 Å². The molecule has 0 spiro atoms. The molecule has 0 aliphatic rings. The van der Waals surface area contributed by atoms with Crippen molar-refractivity contribution in [2.75, 3.05) is 16.8 Å². The smallest absolute Gasteiger partial charge is 0.744 e. The number of anilines is 3. The van der Waals surface area contributed by atoms with Crippen LogP contribution in [-0.4, -0.2) is 41.9 Å². The first kappa shape index (κ1) is 41.1. The summed E-state index contributed by atoms with van der Waals surface area (Å²) < 4.78 is 69.7. The molecule has 1 amide bonds. The maximum absolute atomic E-state index is 12.9. The summed E-state index contributed by atoms with van der Waals surface area (Å²) in [6.07, 6.45) is 0. The largest absolute Gasteiger partial charge is 1.00 e. The summed E-state index contributed by atoms with van der Waals surface area (Å²) in [4.78, 5) is 21.9. The van der Waals surface area contributed by atoms with Crippen molar-refractivity contribution in [3.05, 3.63) is 101 Å². The zero-order valence-electron chi connectivity index (χ0n) is 26.4. The van der Waals surface area contributed by atoms with E-state index in [-0.39, 0.29) is 110 Å². The summed E-state index contributed by atoms with van der Waals surface area (Å²) in [7, 11) is -9.95. The van der Waals surface area contributed by atoms with Gasteiger partial charge in [-0.1, -0.05) is 0 Å². The van der Waals surface area contributed by atoms with E-state index in [2.05, 4.69) is 25.8 Å². The van der Waals surface area contributed by atoms with Gasteiger partial charge in [0.2, 0.25) is 0 Å². The van der Waals surface area contributed by atoms with E-state index in [1.807, 2.05) is 0 Å². The Morgan fingerprint density at radius 2 is 1.33 bits per heavy atom. The molecule has 5 aromatic carbocycles. The second-order valence-electron chi connectivity index (χ2n) is 10.0. The van der Waals surface area contributed by atoms with Gasteiger partial charge in [-0.3, -0.25) is 14.9 Å². The number of carbonyl (C=O) groups excluding carboxylic acids is 1. The molecule has 5 aromatic rings. The van der Waals surface area contributed by atoms with Crippen molar-refractivity contribution < 1.29 is 99.9 Å². The molecular formula is C29H20N8Na2O10S2. The number of nitrogen functional groups attached to an aromatic ring is 2. The van der Waals surface area contributed by atoms with E-state index in [1.165, 1.54) is 48.5 Å². The minimum atomic E-state index is -5.22. The van der Waals surface area contributed by atoms with Gasteiger partial charge in [-0.15, -0.1) is 10.2 Å². The van der Waals surface area contributed by atoms with Gasteiger partial charge < -0.3 is 31.0 Å². The van der Waals surface area contributed by atoms with Gasteiger partial charge in [0.25, 0.3) is 11.6 Å². The topological polar surface area (TPSA) is 308 Å². The fraction of sp³-hybridized carbons (Fsp3) is 0. The van der Waals surface area contributed by atoms with Gasteiger partial charge >= 0.3 is 59.1 Å². The first-order chi connectivity index (χ1) is 23.0. The molecule has 0 bridgehead atoms. The number of azo groups is 2. The third-order valence-corrected chi connectivity index (χ3v) is 8.44. The van der Waals surface area contributed by atoms with Gasteiger partial charge in [-0.25, -0.2) is 16.8 Å². The standard InChI is InChI=1S/C29H22N8O10S2.2Na/c30-22-13-23(31)25(37(40)41)14-24(22)35-33-17-3-1-15(2-4-17)29(39)32-19-7-10-21-16(11-19)12-26(49(45,46)47)27(28(21)38)36-34-18-5-8-20(9-6-18)48(42,43)44;;/h1-14,38H,30-31H2,(H,32,39)(H,42,43,44)(H,45,46,47);;/q;2*+1/p-2. The molecule has 0 fully saturated rings. The van der Waals surface area contributed by atoms with Crippen LogP contribution in [0.15, 0.2) is 115 Å². The van der Waals surface area contributed by atoms with Crippen molar-refractivity contribution >= 4 is 82.4 Å². The van der Waals surface area contributed by atoms with Crippen LogP contribution in [0, 0.1) is 10.1 Å². The van der Waals surface area contributed by atoms with Gasteiger partial charge in [0, 0.05) is 22.7 Å². The summed E-state index contributed by atoms with van der Waals surface area (Å²) >= 11 is 0. The number of phenolic OH excluding ortho intramolecular Hbond substituents is 1. The molecule has 51 heavy (non-hydrogen) atoms. The summed E-state index contributed by atoms with van der Waals surface area (Å²) in [5.41, 5.74) is 10.9. The van der Waals surface area contributed by atoms with Crippen LogP contribution in [0.1, 0.15) is 10.4 Å². The Bertz CT molecular complexity index is 2450. The minimum absolute atomic E-state index is 0. The molecule has 0 heterocycles. The summed E-state index contributed by atoms with van der Waals surface area (Å²) in [5, 5.41) is 40.0. The zero-order valence-corrected chi connectivity index (χ0v) is 32.0. The summed E-state index contributed by atoms with van der Waals surface area (Å²) in [6.45, 7) is 0. The normalized spacial score (nSPS) is 11.6. The third-order valence-electron chi connectivity index (χ3n) is 6.74. The van der Waals surface area contributed by atoms with Crippen molar-refractivity contribution in [2.24, 2.45) is 20.5 Å². The number of hydrogen-bond donors (Lipinski definition) is 4. The van der Waals surface area contributed by atoms with Gasteiger partial charge in [0.05, 0.1) is 31.8 Å². The Hall–Kier alpha value is -4.35. The fourth-order valence-corrected chi connectivity index (χ4v) is 5.47. The number of nitrogens with one attached hydrogen (secondary N) is 1. The Morgan fingerprint density at radius 3 is 1.90 bits per heavy atom. The predicted molar refractivity (Wildman–Crippen MR) is 173 cm³/mol. The number of benzene rings is 5. The van der Waals surface area contributed by atoms with E-state index in [1.54, 1.807) is 0 Å². The van der Waals surface area contributed by atoms with Crippen molar-refractivity contribution in [2.45, 2.75) is 9.79 Å². The molecule has 0 atom stereocenters. The van der Waals surface area contributed by atoms with E-state index in [4.69, 9.17) is 11.5 Å². The summed E-state index contributed by atoms with van der Waals surface area (Å²) in [5.74, 6) is -1.31. The van der Waals surface area contributed by atoms with Crippen molar-refractivity contribution in [3.8, 4) is 5.75 Å². The summed E-state index contributed by atoms with van der Waals surface area (Å²) in [6, 6.07) is 17.1. The van der Waals surface area contributed by atoms with Crippen LogP contribution in [0.4, 0.5) is 45.5 Å². The van der Waals surface area contributed by atoms with Gasteiger partial charge in [0.15, 0.2) is 5.75 Å². The Labute approximate surface area is 332 Å². The number of fused-ring (bicyclic) bond motifs is 1. The molecule has 0 saturated carbocycles. The quantitative estimate of drug-likeness (QED) is 0.0371. The van der Waals surface area contributed by atoms with Crippen molar-refractivity contribution in [3.63, 3.8) is 0 Å². The van der Waals surface area contributed by atoms with Crippen LogP contribution < -0.4 is 75.9 Å². The molecule has 250 valence electrons. The van der Waals surface area contributed by atoms with Crippen molar-refractivity contribution in [1.82, 2.24) is 0 Å². The molecular weight excluding hydrogens is 730 g/mol. The van der Waals surface area contributed by atoms with Crippen molar-refractivity contribution in [1.29, 1.82) is 0 Å². The fourth-order valence-electron chi connectivity index (χ4n) is 4.35. The average Bonchev–Trinajstić information content (AvgIpc) is 3.03. The first-order valence-corrected chi connectivity index (χ1v) is 16.2. The minimum Gasteiger partial charge on any atom is -0.744 e. The van der Waals surface area contributed by atoms with Crippen LogP contribution in [0.25, 0.3) is 10.8 Å². The Morgan fingerprint density at radius 1 is 0.745 bits per heavy atom. The molecule has 22 heteroatoms. The predicted octanol–water partition coefficient (Wildman–Crippen LogP) is -0.483. The number of carbonyl (C=O) groups is 1. The molecule has 0 radical (unpaired) electrons. The van der Waals surface area contributed by atoms with Crippen LogP contribution in [-0.2, 0) is 20.2 Å². The van der Waals surface area contributed by atoms with E-state index < -0.39 is 58.0 Å². The van der Waals surface area contributed by atoms with Gasteiger partial charge in [-0.2, -0.15) is 10.2 Å². The molecule has 0 unspecified atom stereocenters. The number of nitro groups is 1. The molecule has 0 aliphatic carbocycles. The Kier molecular flexibility index (Phi) is 13.2. The number of hydrogen-bond acceptors (Lipinski definition) is 16. The number of phenols is 1. The SMILES string of the molecule is Nc1cc(N)c([N+](=O)[O-])cc1N=Nc1ccc(C(=O)Nc2ccc3c(O)c(N=Nc4ccc(S(=O)(=O)[O-])cc4)c(S(=O)(=O)[O-])cc3c2)cc1.[Na+].[Na+]. The second kappa shape index (κ2) is 16.3. The van der Waals surface area contributed by atoms with Crippen LogP contribution >= 0.6 is 0 Å². The number of nitro benzene ring substituents is 1. The molecule has 6 N–H and O–H groups in total. The molecule has 18 nitrogen and oxygen atoms in total. The van der Waals surface area contributed by atoms with E-state index in [0.29, 0.717) is 0 Å². The second-order valence-corrected chi connectivity index (χ2v) is 12.8.